The molecule has 0 heterocycles. The monoisotopic (exact) mass is 694 g/mol. The van der Waals surface area contributed by atoms with Crippen LogP contribution in [-0.2, 0) is 36.7 Å². The molecule has 46 heavy (non-hydrogen) atoms. The Kier molecular flexibility index (Phi) is 14.3. The molecule has 2 unspecified atom stereocenters. The Labute approximate surface area is 278 Å². The van der Waals surface area contributed by atoms with Gasteiger partial charge in [0.2, 0.25) is 0 Å². The first-order valence-corrected chi connectivity index (χ1v) is 21.3. The van der Waals surface area contributed by atoms with Crippen molar-refractivity contribution in [1.82, 2.24) is 0 Å². The minimum Gasteiger partial charge on any atom is -0.376 e. The van der Waals surface area contributed by atoms with Crippen LogP contribution in [0.5, 0.6) is 0 Å². The first kappa shape index (κ1) is 38.9. The number of fused-ring (bicyclic) bond motifs is 5. The zero-order valence-corrected chi connectivity index (χ0v) is 31.2. The van der Waals surface area contributed by atoms with E-state index in [4.69, 9.17) is 27.6 Å². The highest BCUT2D eigenvalue weighted by atomic mass is 31.2. The van der Waals surface area contributed by atoms with Crippen molar-refractivity contribution in [2.75, 3.05) is 39.6 Å². The summed E-state index contributed by atoms with van der Waals surface area (Å²) in [5.74, 6) is 3.68. The SMILES string of the molecule is CCCOP(=O)(O)OCCO[C@@H]1CC[C@@]2(C)[C@H](CC[C@@H]3[C@@H]2C[C@H](OCCOP(=O)(O)OCCC)[C@]2(C)[C@@H]([C@H](C)CCC)CC[C@@H]32)C1. The summed E-state index contributed by atoms with van der Waals surface area (Å²) in [6.45, 7) is 14.5. The molecule has 0 aromatic rings. The van der Waals surface area contributed by atoms with Crippen molar-refractivity contribution in [3.8, 4) is 0 Å². The van der Waals surface area contributed by atoms with E-state index in [1.807, 2.05) is 13.8 Å². The highest BCUT2D eigenvalue weighted by molar-refractivity contribution is 7.47. The number of phosphoric ester groups is 2. The molecule has 12 atom stereocenters. The molecule has 2 N–H and O–H groups in total. The summed E-state index contributed by atoms with van der Waals surface area (Å²) >= 11 is 0. The highest BCUT2D eigenvalue weighted by Gasteiger charge is 2.64. The van der Waals surface area contributed by atoms with Gasteiger partial charge in [-0.3, -0.25) is 18.1 Å². The van der Waals surface area contributed by atoms with E-state index in [0.29, 0.717) is 48.3 Å². The van der Waals surface area contributed by atoms with E-state index in [0.717, 1.165) is 25.7 Å². The van der Waals surface area contributed by atoms with E-state index in [9.17, 15) is 18.9 Å². The van der Waals surface area contributed by atoms with E-state index < -0.39 is 15.6 Å². The average Bonchev–Trinajstić information content (AvgIpc) is 3.38. The van der Waals surface area contributed by atoms with Crippen LogP contribution in [0.25, 0.3) is 0 Å². The van der Waals surface area contributed by atoms with Gasteiger partial charge in [0.1, 0.15) is 0 Å². The predicted molar refractivity (Wildman–Crippen MR) is 178 cm³/mol. The van der Waals surface area contributed by atoms with Gasteiger partial charge in [0.05, 0.1) is 51.8 Å². The van der Waals surface area contributed by atoms with Crippen molar-refractivity contribution < 1.29 is 46.5 Å². The molecule has 4 rings (SSSR count). The van der Waals surface area contributed by atoms with Gasteiger partial charge in [-0.1, -0.05) is 54.4 Å². The lowest BCUT2D eigenvalue weighted by molar-refractivity contribution is -0.194. The molecule has 0 spiro atoms. The molecule has 0 bridgehead atoms. The van der Waals surface area contributed by atoms with Gasteiger partial charge in [-0.15, -0.1) is 0 Å². The van der Waals surface area contributed by atoms with Gasteiger partial charge in [-0.2, -0.15) is 0 Å². The van der Waals surface area contributed by atoms with Gasteiger partial charge in [-0.25, -0.2) is 9.13 Å². The molecule has 0 aromatic carbocycles. The Hall–Kier alpha value is 0.140. The maximum absolute atomic E-state index is 12.3. The largest absolute Gasteiger partial charge is 0.472 e. The lowest BCUT2D eigenvalue weighted by Gasteiger charge is -2.63. The third kappa shape index (κ3) is 9.08. The Bertz CT molecular complexity index is 1050. The molecule has 0 radical (unpaired) electrons. The lowest BCUT2D eigenvalue weighted by Crippen LogP contribution is -2.59. The topological polar surface area (TPSA) is 130 Å². The molecule has 4 aliphatic rings. The van der Waals surface area contributed by atoms with Crippen LogP contribution in [0.2, 0.25) is 0 Å². The number of phosphoric acid groups is 2. The Balaban J connectivity index is 1.42. The zero-order valence-electron chi connectivity index (χ0n) is 29.4. The van der Waals surface area contributed by atoms with Crippen LogP contribution in [-0.4, -0.2) is 61.6 Å². The average molecular weight is 695 g/mol. The van der Waals surface area contributed by atoms with Crippen molar-refractivity contribution in [3.63, 3.8) is 0 Å². The fraction of sp³-hybridized carbons (Fsp3) is 1.00. The molecular formula is C34H64O10P2. The second kappa shape index (κ2) is 16.9. The van der Waals surface area contributed by atoms with Gasteiger partial charge in [0.15, 0.2) is 0 Å². The van der Waals surface area contributed by atoms with Crippen molar-refractivity contribution in [2.24, 2.45) is 46.3 Å². The molecule has 10 nitrogen and oxygen atoms in total. The van der Waals surface area contributed by atoms with Crippen molar-refractivity contribution in [2.45, 2.75) is 131 Å². The third-order valence-corrected chi connectivity index (χ3v) is 14.5. The fourth-order valence-corrected chi connectivity index (χ4v) is 12.0. The van der Waals surface area contributed by atoms with Crippen LogP contribution in [0.15, 0.2) is 0 Å². The van der Waals surface area contributed by atoms with E-state index in [1.165, 1.54) is 38.5 Å². The maximum atomic E-state index is 12.3. The van der Waals surface area contributed by atoms with E-state index >= 15 is 0 Å². The summed E-state index contributed by atoms with van der Waals surface area (Å²) in [6, 6.07) is 0. The first-order chi connectivity index (χ1) is 21.8. The zero-order chi connectivity index (χ0) is 33.6. The van der Waals surface area contributed by atoms with Crippen LogP contribution in [0.4, 0.5) is 0 Å². The minimum atomic E-state index is -4.07. The van der Waals surface area contributed by atoms with Gasteiger partial charge >= 0.3 is 15.6 Å². The van der Waals surface area contributed by atoms with Gasteiger partial charge in [0.25, 0.3) is 0 Å². The highest BCUT2D eigenvalue weighted by Crippen LogP contribution is 2.69. The molecular weight excluding hydrogens is 630 g/mol. The number of hydrogen-bond donors (Lipinski definition) is 2. The summed E-state index contributed by atoms with van der Waals surface area (Å²) in [4.78, 5) is 19.8. The lowest BCUT2D eigenvalue weighted by atomic mass is 9.43. The number of hydrogen-bond acceptors (Lipinski definition) is 8. The third-order valence-electron chi connectivity index (χ3n) is 12.5. The number of ether oxygens (including phenoxy) is 2. The summed E-state index contributed by atoms with van der Waals surface area (Å²) in [6.07, 6.45) is 13.0. The Morgan fingerprint density at radius 2 is 1.33 bits per heavy atom. The second-order valence-corrected chi connectivity index (χ2v) is 18.0. The molecule has 12 heteroatoms. The summed E-state index contributed by atoms with van der Waals surface area (Å²) in [5.41, 5.74) is 0.281. The van der Waals surface area contributed by atoms with Crippen LogP contribution in [0.1, 0.15) is 119 Å². The summed E-state index contributed by atoms with van der Waals surface area (Å²) in [7, 11) is -8.09. The predicted octanol–water partition coefficient (Wildman–Crippen LogP) is 8.55. The van der Waals surface area contributed by atoms with Crippen LogP contribution >= 0.6 is 15.6 Å². The molecule has 0 amide bonds. The summed E-state index contributed by atoms with van der Waals surface area (Å²) < 4.78 is 57.6. The number of rotatable bonds is 19. The first-order valence-electron chi connectivity index (χ1n) is 18.3. The van der Waals surface area contributed by atoms with E-state index in [2.05, 4.69) is 27.7 Å². The van der Waals surface area contributed by atoms with Crippen LogP contribution in [0.3, 0.4) is 0 Å². The molecule has 0 aliphatic heterocycles. The van der Waals surface area contributed by atoms with Gasteiger partial charge in [-0.05, 0) is 111 Å². The van der Waals surface area contributed by atoms with Crippen molar-refractivity contribution in [1.29, 1.82) is 0 Å². The van der Waals surface area contributed by atoms with Gasteiger partial charge < -0.3 is 19.3 Å². The second-order valence-electron chi connectivity index (χ2n) is 15.1. The fourth-order valence-electron chi connectivity index (χ4n) is 10.4. The molecule has 4 fully saturated rings. The Morgan fingerprint density at radius 3 is 1.93 bits per heavy atom. The maximum Gasteiger partial charge on any atom is 0.472 e. The molecule has 0 saturated heterocycles. The Morgan fingerprint density at radius 1 is 0.717 bits per heavy atom. The van der Waals surface area contributed by atoms with E-state index in [-0.39, 0.29) is 62.7 Å². The van der Waals surface area contributed by atoms with Crippen LogP contribution in [0, 0.1) is 46.3 Å². The van der Waals surface area contributed by atoms with E-state index in [1.54, 1.807) is 0 Å². The quantitative estimate of drug-likeness (QED) is 0.100. The summed E-state index contributed by atoms with van der Waals surface area (Å²) in [5, 5.41) is 0. The van der Waals surface area contributed by atoms with Crippen molar-refractivity contribution in [3.05, 3.63) is 0 Å². The molecule has 270 valence electrons. The van der Waals surface area contributed by atoms with Crippen molar-refractivity contribution >= 4 is 15.6 Å². The normalized spacial score (nSPS) is 39.1. The molecule has 4 saturated carbocycles. The molecule has 0 aromatic heterocycles. The smallest absolute Gasteiger partial charge is 0.376 e. The minimum absolute atomic E-state index is 0.0388. The van der Waals surface area contributed by atoms with Gasteiger partial charge in [0, 0.05) is 0 Å². The molecule has 4 aliphatic carbocycles. The van der Waals surface area contributed by atoms with Crippen LogP contribution < -0.4 is 0 Å². The standard InChI is InChI=1S/C34H64O10P2/c1-7-10-25(4)29-13-14-30-28-12-11-26-23-27(39-19-21-43-45(35,36)41-17-8-2)15-16-33(26,5)31(28)24-32(34(29,30)6)40-20-22-44-46(37,38)42-18-9-3/h25-32H,7-24H2,1-6H3,(H,35,36)(H,37,38)/t25-,26-,27-,28+,29-,30+,31+,32+,33+,34-/m1/s1.